The number of fused-ring (bicyclic) bond motifs is 9. The highest BCUT2D eigenvalue weighted by molar-refractivity contribution is 7.26. The van der Waals surface area contributed by atoms with Crippen LogP contribution in [0.15, 0.2) is 164 Å². The fraction of sp³-hybridized carbons (Fsp3) is 0.0417. The molecule has 52 heavy (non-hydrogen) atoms. The minimum atomic E-state index is -0.0949. The van der Waals surface area contributed by atoms with Crippen molar-refractivity contribution in [3.8, 4) is 39.5 Å². The minimum absolute atomic E-state index is 0.0556. The smallest absolute Gasteiger partial charge is 0.160 e. The van der Waals surface area contributed by atoms with Crippen LogP contribution in [-0.2, 0) is 0 Å². The van der Waals surface area contributed by atoms with Gasteiger partial charge in [-0.3, -0.25) is 0 Å². The molecule has 2 atom stereocenters. The molecule has 0 saturated heterocycles. The molecule has 4 heteroatoms. The van der Waals surface area contributed by atoms with Gasteiger partial charge in [-0.2, -0.15) is 0 Å². The van der Waals surface area contributed by atoms with E-state index in [-0.39, 0.29) is 12.0 Å². The quantitative estimate of drug-likeness (QED) is 0.185. The first-order valence-corrected chi connectivity index (χ1v) is 18.5. The molecular weight excluding hydrogens is 653 g/mol. The van der Waals surface area contributed by atoms with Crippen molar-refractivity contribution in [3.63, 3.8) is 0 Å². The van der Waals surface area contributed by atoms with E-state index in [0.717, 1.165) is 44.0 Å². The first kappa shape index (κ1) is 29.4. The molecule has 7 aromatic carbocycles. The molecule has 1 aliphatic heterocycles. The van der Waals surface area contributed by atoms with E-state index in [1.807, 2.05) is 0 Å². The van der Waals surface area contributed by atoms with Crippen LogP contribution < -0.4 is 4.74 Å². The van der Waals surface area contributed by atoms with Crippen LogP contribution >= 0.6 is 11.3 Å². The van der Waals surface area contributed by atoms with Crippen molar-refractivity contribution in [2.24, 2.45) is 0 Å². The van der Waals surface area contributed by atoms with E-state index in [1.165, 1.54) is 54.4 Å². The fourth-order valence-corrected chi connectivity index (χ4v) is 9.29. The summed E-state index contributed by atoms with van der Waals surface area (Å²) < 4.78 is 9.09. The maximum Gasteiger partial charge on any atom is 0.160 e. The Morgan fingerprint density at radius 1 is 0.519 bits per heavy atom. The summed E-state index contributed by atoms with van der Waals surface area (Å²) in [6.07, 6.45) is 2.25. The van der Waals surface area contributed by atoms with Gasteiger partial charge in [0.2, 0.25) is 0 Å². The Morgan fingerprint density at radius 3 is 2.15 bits per heavy atom. The zero-order chi connectivity index (χ0) is 34.2. The van der Waals surface area contributed by atoms with E-state index in [1.54, 1.807) is 11.3 Å². The average Bonchev–Trinajstić information content (AvgIpc) is 3.79. The zero-order valence-corrected chi connectivity index (χ0v) is 28.8. The lowest BCUT2D eigenvalue weighted by Crippen LogP contribution is -2.16. The van der Waals surface area contributed by atoms with Crippen LogP contribution in [0.2, 0.25) is 0 Å². The normalized spacial score (nSPS) is 16.0. The SMILES string of the molecule is C1=C(c2ccccc2)C2c3cc(-c4nc(-c5ccc(-c6ccc7ccccc7c6)cc5)c5sc6ccccc6c5n4)ccc3OC2c2ccccc21. The third-order valence-electron chi connectivity index (χ3n) is 10.7. The van der Waals surface area contributed by atoms with E-state index in [0.29, 0.717) is 0 Å². The highest BCUT2D eigenvalue weighted by Crippen LogP contribution is 2.56. The highest BCUT2D eigenvalue weighted by Gasteiger charge is 2.41. The van der Waals surface area contributed by atoms with Crippen molar-refractivity contribution in [1.82, 2.24) is 9.97 Å². The van der Waals surface area contributed by atoms with Gasteiger partial charge in [-0.25, -0.2) is 9.97 Å². The van der Waals surface area contributed by atoms with E-state index in [4.69, 9.17) is 14.7 Å². The fourth-order valence-electron chi connectivity index (χ4n) is 8.14. The Labute approximate surface area is 305 Å². The van der Waals surface area contributed by atoms with Gasteiger partial charge in [0.25, 0.3) is 0 Å². The molecule has 244 valence electrons. The molecule has 2 unspecified atom stereocenters. The lowest BCUT2D eigenvalue weighted by molar-refractivity contribution is 0.226. The number of ether oxygens (including phenoxy) is 1. The zero-order valence-electron chi connectivity index (χ0n) is 28.0. The average molecular weight is 683 g/mol. The van der Waals surface area contributed by atoms with Crippen molar-refractivity contribution in [1.29, 1.82) is 0 Å². The van der Waals surface area contributed by atoms with Gasteiger partial charge in [-0.15, -0.1) is 11.3 Å². The monoisotopic (exact) mass is 682 g/mol. The molecule has 1 aliphatic carbocycles. The van der Waals surface area contributed by atoms with Crippen LogP contribution in [0.3, 0.4) is 0 Å². The molecule has 0 saturated carbocycles. The predicted octanol–water partition coefficient (Wildman–Crippen LogP) is 12.8. The van der Waals surface area contributed by atoms with Gasteiger partial charge in [0.1, 0.15) is 11.9 Å². The molecule has 0 radical (unpaired) electrons. The minimum Gasteiger partial charge on any atom is -0.484 e. The molecular formula is C48H30N2OS. The number of aromatic nitrogens is 2. The van der Waals surface area contributed by atoms with Crippen LogP contribution in [0.4, 0.5) is 0 Å². The topological polar surface area (TPSA) is 35.0 Å². The maximum atomic E-state index is 6.78. The molecule has 0 N–H and O–H groups in total. The lowest BCUT2D eigenvalue weighted by atomic mass is 9.76. The predicted molar refractivity (Wildman–Crippen MR) is 216 cm³/mol. The van der Waals surface area contributed by atoms with Gasteiger partial charge in [-0.05, 0) is 75.0 Å². The number of benzene rings is 7. The Balaban J connectivity index is 1.05. The molecule has 0 spiro atoms. The second kappa shape index (κ2) is 11.6. The summed E-state index contributed by atoms with van der Waals surface area (Å²) in [5, 5.41) is 3.65. The van der Waals surface area contributed by atoms with Crippen LogP contribution in [0, 0.1) is 0 Å². The molecule has 0 amide bonds. The summed E-state index contributed by atoms with van der Waals surface area (Å²) in [6, 6.07) is 58.4. The van der Waals surface area contributed by atoms with E-state index >= 15 is 0 Å². The van der Waals surface area contributed by atoms with E-state index in [9.17, 15) is 0 Å². The molecule has 9 aromatic rings. The van der Waals surface area contributed by atoms with Crippen LogP contribution in [0.5, 0.6) is 5.75 Å². The summed E-state index contributed by atoms with van der Waals surface area (Å²) in [5.41, 5.74) is 12.5. The van der Waals surface area contributed by atoms with Crippen molar-refractivity contribution in [3.05, 3.63) is 186 Å². The number of hydrogen-bond acceptors (Lipinski definition) is 4. The maximum absolute atomic E-state index is 6.78. The number of hydrogen-bond donors (Lipinski definition) is 0. The Hall–Kier alpha value is -6.36. The third-order valence-corrected chi connectivity index (χ3v) is 11.8. The summed E-state index contributed by atoms with van der Waals surface area (Å²) in [6.45, 7) is 0. The first-order chi connectivity index (χ1) is 25.7. The molecule has 3 heterocycles. The molecule has 2 aliphatic rings. The first-order valence-electron chi connectivity index (χ1n) is 17.7. The van der Waals surface area contributed by atoms with Gasteiger partial charge >= 0.3 is 0 Å². The second-order valence-corrected chi connectivity index (χ2v) is 14.7. The Bertz CT molecular complexity index is 2890. The van der Waals surface area contributed by atoms with Crippen LogP contribution in [0.1, 0.15) is 34.3 Å². The van der Waals surface area contributed by atoms with Crippen molar-refractivity contribution >= 4 is 54.1 Å². The summed E-state index contributed by atoms with van der Waals surface area (Å²) >= 11 is 1.76. The van der Waals surface area contributed by atoms with Gasteiger partial charge in [0.15, 0.2) is 5.82 Å². The largest absolute Gasteiger partial charge is 0.484 e. The molecule has 3 nitrogen and oxygen atoms in total. The molecule has 0 fully saturated rings. The second-order valence-electron chi connectivity index (χ2n) is 13.7. The number of thiophene rings is 1. The third kappa shape index (κ3) is 4.65. The van der Waals surface area contributed by atoms with Gasteiger partial charge < -0.3 is 4.74 Å². The van der Waals surface area contributed by atoms with Gasteiger partial charge in [-0.1, -0.05) is 133 Å². The van der Waals surface area contributed by atoms with Crippen LogP contribution in [0.25, 0.3) is 76.5 Å². The Kier molecular flexibility index (Phi) is 6.55. The van der Waals surface area contributed by atoms with E-state index in [2.05, 4.69) is 170 Å². The van der Waals surface area contributed by atoms with Gasteiger partial charge in [0.05, 0.1) is 21.8 Å². The summed E-state index contributed by atoms with van der Waals surface area (Å²) in [7, 11) is 0. The number of rotatable bonds is 4. The van der Waals surface area contributed by atoms with Crippen molar-refractivity contribution in [2.75, 3.05) is 0 Å². The molecule has 0 bridgehead atoms. The van der Waals surface area contributed by atoms with E-state index < -0.39 is 0 Å². The Morgan fingerprint density at radius 2 is 1.25 bits per heavy atom. The summed E-state index contributed by atoms with van der Waals surface area (Å²) in [5.74, 6) is 1.70. The lowest BCUT2D eigenvalue weighted by Gasteiger charge is -2.28. The summed E-state index contributed by atoms with van der Waals surface area (Å²) in [4.78, 5) is 10.7. The van der Waals surface area contributed by atoms with Crippen molar-refractivity contribution < 1.29 is 4.74 Å². The molecule has 11 rings (SSSR count). The highest BCUT2D eigenvalue weighted by atomic mass is 32.1. The van der Waals surface area contributed by atoms with Gasteiger partial charge in [0, 0.05) is 32.3 Å². The number of nitrogens with zero attached hydrogens (tertiary/aromatic N) is 2. The standard InChI is InChI=1S/C48H30N2OS/c1-2-11-31(12-3-1)39-27-35-14-6-7-15-37(35)46-43(39)40-28-36(24-25-41(40)51-46)48-49-44(47-45(50-48)38-16-8-9-17-42(38)52-47)32-21-18-30(19-22-32)34-23-20-29-10-4-5-13-33(29)26-34/h1-28,43,46H. The van der Waals surface area contributed by atoms with Crippen molar-refractivity contribution in [2.45, 2.75) is 12.0 Å². The van der Waals surface area contributed by atoms with Crippen LogP contribution in [-0.4, -0.2) is 9.97 Å². The molecule has 2 aromatic heterocycles.